The Balaban J connectivity index is 2.08. The SMILES string of the molecule is CCOc1ccccc1-n1c(SCC(=O)N(C)C)nnc1-c1ccncc1. The molecule has 3 aromatic rings. The molecule has 0 fully saturated rings. The van der Waals surface area contributed by atoms with Crippen LogP contribution in [-0.4, -0.2) is 57.0 Å². The molecular weight excluding hydrogens is 362 g/mol. The highest BCUT2D eigenvalue weighted by atomic mass is 32.2. The highest BCUT2D eigenvalue weighted by molar-refractivity contribution is 7.99. The molecule has 3 rings (SSSR count). The Bertz CT molecular complexity index is 911. The predicted octanol–water partition coefficient (Wildman–Crippen LogP) is 2.91. The zero-order chi connectivity index (χ0) is 19.2. The fraction of sp³-hybridized carbons (Fsp3) is 0.263. The van der Waals surface area contributed by atoms with E-state index >= 15 is 0 Å². The van der Waals surface area contributed by atoms with Gasteiger partial charge in [0.25, 0.3) is 0 Å². The minimum atomic E-state index is 0.0121. The van der Waals surface area contributed by atoms with Crippen LogP contribution < -0.4 is 4.74 Å². The van der Waals surface area contributed by atoms with Crippen LogP contribution in [-0.2, 0) is 4.79 Å². The predicted molar refractivity (Wildman–Crippen MR) is 105 cm³/mol. The van der Waals surface area contributed by atoms with Gasteiger partial charge in [-0.3, -0.25) is 14.3 Å². The maximum absolute atomic E-state index is 12.0. The van der Waals surface area contributed by atoms with Gasteiger partial charge in [-0.05, 0) is 31.2 Å². The molecule has 0 aliphatic heterocycles. The standard InChI is InChI=1S/C19H21N5O2S/c1-4-26-16-8-6-5-7-15(16)24-18(14-9-11-20-12-10-14)21-22-19(24)27-13-17(25)23(2)3/h5-12H,4,13H2,1-3H3. The maximum Gasteiger partial charge on any atom is 0.232 e. The molecule has 140 valence electrons. The van der Waals surface area contributed by atoms with Crippen LogP contribution in [0.25, 0.3) is 17.1 Å². The first-order chi connectivity index (χ1) is 13.1. The third kappa shape index (κ3) is 4.28. The molecule has 0 N–H and O–H groups in total. The fourth-order valence-electron chi connectivity index (χ4n) is 2.44. The largest absolute Gasteiger partial charge is 0.492 e. The van der Waals surface area contributed by atoms with Crippen molar-refractivity contribution in [3.8, 4) is 22.8 Å². The average Bonchev–Trinajstić information content (AvgIpc) is 3.11. The summed E-state index contributed by atoms with van der Waals surface area (Å²) in [6.07, 6.45) is 3.43. The third-order valence-electron chi connectivity index (χ3n) is 3.80. The van der Waals surface area contributed by atoms with Crippen LogP contribution in [0.2, 0.25) is 0 Å². The van der Waals surface area contributed by atoms with Crippen molar-refractivity contribution < 1.29 is 9.53 Å². The summed E-state index contributed by atoms with van der Waals surface area (Å²) < 4.78 is 7.72. The Morgan fingerprint density at radius 2 is 1.89 bits per heavy atom. The van der Waals surface area contributed by atoms with E-state index in [1.54, 1.807) is 31.4 Å². The monoisotopic (exact) mass is 383 g/mol. The van der Waals surface area contributed by atoms with Crippen molar-refractivity contribution in [1.29, 1.82) is 0 Å². The van der Waals surface area contributed by atoms with Crippen LogP contribution in [0.15, 0.2) is 53.9 Å². The number of carbonyl (C=O) groups is 1. The number of aromatic nitrogens is 4. The highest BCUT2D eigenvalue weighted by Gasteiger charge is 2.20. The maximum atomic E-state index is 12.0. The van der Waals surface area contributed by atoms with Gasteiger partial charge in [0.1, 0.15) is 5.75 Å². The lowest BCUT2D eigenvalue weighted by Gasteiger charge is -2.15. The molecule has 0 spiro atoms. The van der Waals surface area contributed by atoms with E-state index in [4.69, 9.17) is 4.74 Å². The van der Waals surface area contributed by atoms with Crippen LogP contribution in [0.3, 0.4) is 0 Å². The molecule has 0 unspecified atom stereocenters. The number of carbonyl (C=O) groups excluding carboxylic acids is 1. The van der Waals surface area contributed by atoms with Gasteiger partial charge in [0.2, 0.25) is 5.91 Å². The summed E-state index contributed by atoms with van der Waals surface area (Å²) in [6, 6.07) is 11.5. The number of nitrogens with zero attached hydrogens (tertiary/aromatic N) is 5. The second kappa shape index (κ2) is 8.68. The van der Waals surface area contributed by atoms with Crippen LogP contribution in [0.4, 0.5) is 0 Å². The van der Waals surface area contributed by atoms with E-state index in [0.29, 0.717) is 17.6 Å². The lowest BCUT2D eigenvalue weighted by atomic mass is 10.2. The average molecular weight is 383 g/mol. The quantitative estimate of drug-likeness (QED) is 0.584. The molecule has 1 amide bonds. The van der Waals surface area contributed by atoms with Crippen molar-refractivity contribution in [2.24, 2.45) is 0 Å². The minimum Gasteiger partial charge on any atom is -0.492 e. The van der Waals surface area contributed by atoms with Gasteiger partial charge in [-0.1, -0.05) is 23.9 Å². The van der Waals surface area contributed by atoms with Gasteiger partial charge >= 0.3 is 0 Å². The lowest BCUT2D eigenvalue weighted by molar-refractivity contribution is -0.125. The number of para-hydroxylation sites is 2. The van der Waals surface area contributed by atoms with Crippen molar-refractivity contribution in [2.75, 3.05) is 26.5 Å². The van der Waals surface area contributed by atoms with Gasteiger partial charge in [-0.15, -0.1) is 10.2 Å². The summed E-state index contributed by atoms with van der Waals surface area (Å²) in [5.41, 5.74) is 1.71. The Morgan fingerprint density at radius 1 is 1.15 bits per heavy atom. The van der Waals surface area contributed by atoms with E-state index in [9.17, 15) is 4.79 Å². The number of pyridine rings is 1. The number of ether oxygens (including phenoxy) is 1. The first kappa shape index (κ1) is 18.9. The lowest BCUT2D eigenvalue weighted by Crippen LogP contribution is -2.23. The first-order valence-electron chi connectivity index (χ1n) is 8.52. The number of hydrogen-bond donors (Lipinski definition) is 0. The van der Waals surface area contributed by atoms with Gasteiger partial charge in [0.05, 0.1) is 18.0 Å². The molecule has 1 aromatic carbocycles. The molecule has 27 heavy (non-hydrogen) atoms. The van der Waals surface area contributed by atoms with Crippen LogP contribution in [0.1, 0.15) is 6.92 Å². The molecule has 0 saturated heterocycles. The highest BCUT2D eigenvalue weighted by Crippen LogP contribution is 2.32. The topological polar surface area (TPSA) is 73.1 Å². The van der Waals surface area contributed by atoms with Crippen molar-refractivity contribution in [2.45, 2.75) is 12.1 Å². The summed E-state index contributed by atoms with van der Waals surface area (Å²) in [5.74, 6) is 1.69. The van der Waals surface area contributed by atoms with Gasteiger partial charge in [0, 0.05) is 32.1 Å². The molecule has 2 aromatic heterocycles. The Morgan fingerprint density at radius 3 is 2.59 bits per heavy atom. The molecular formula is C19H21N5O2S. The number of benzene rings is 1. The number of amides is 1. The van der Waals surface area contributed by atoms with E-state index in [1.807, 2.05) is 47.9 Å². The molecule has 0 radical (unpaired) electrons. The normalized spacial score (nSPS) is 10.6. The number of hydrogen-bond acceptors (Lipinski definition) is 6. The summed E-state index contributed by atoms with van der Waals surface area (Å²) in [6.45, 7) is 2.49. The van der Waals surface area contributed by atoms with Crippen molar-refractivity contribution in [3.63, 3.8) is 0 Å². The van der Waals surface area contributed by atoms with Gasteiger partial charge in [-0.2, -0.15) is 0 Å². The summed E-state index contributed by atoms with van der Waals surface area (Å²) >= 11 is 1.35. The van der Waals surface area contributed by atoms with Crippen LogP contribution in [0.5, 0.6) is 5.75 Å². The van der Waals surface area contributed by atoms with Crippen molar-refractivity contribution in [3.05, 3.63) is 48.8 Å². The smallest absolute Gasteiger partial charge is 0.232 e. The van der Waals surface area contributed by atoms with E-state index < -0.39 is 0 Å². The van der Waals surface area contributed by atoms with E-state index in [1.165, 1.54) is 11.8 Å². The molecule has 0 saturated carbocycles. The van der Waals surface area contributed by atoms with E-state index in [-0.39, 0.29) is 11.7 Å². The van der Waals surface area contributed by atoms with Crippen LogP contribution in [0, 0.1) is 0 Å². The molecule has 0 bridgehead atoms. The van der Waals surface area contributed by atoms with Crippen molar-refractivity contribution >= 4 is 17.7 Å². The fourth-order valence-corrected chi connectivity index (χ4v) is 3.37. The molecule has 8 heteroatoms. The van der Waals surface area contributed by atoms with E-state index in [2.05, 4.69) is 15.2 Å². The summed E-state index contributed by atoms with van der Waals surface area (Å²) in [4.78, 5) is 17.7. The Hall–Kier alpha value is -2.87. The van der Waals surface area contributed by atoms with E-state index in [0.717, 1.165) is 17.0 Å². The third-order valence-corrected chi connectivity index (χ3v) is 4.72. The second-order valence-corrected chi connectivity index (χ2v) is 6.80. The Kier molecular flexibility index (Phi) is 6.08. The summed E-state index contributed by atoms with van der Waals surface area (Å²) in [5, 5.41) is 9.33. The molecule has 7 nitrogen and oxygen atoms in total. The number of thioether (sulfide) groups is 1. The molecule has 0 aliphatic carbocycles. The minimum absolute atomic E-state index is 0.0121. The molecule has 0 atom stereocenters. The zero-order valence-corrected chi connectivity index (χ0v) is 16.3. The first-order valence-corrected chi connectivity index (χ1v) is 9.51. The van der Waals surface area contributed by atoms with Gasteiger partial charge in [-0.25, -0.2) is 0 Å². The molecule has 0 aliphatic rings. The second-order valence-electron chi connectivity index (χ2n) is 5.86. The zero-order valence-electron chi connectivity index (χ0n) is 15.5. The Labute approximate surface area is 162 Å². The van der Waals surface area contributed by atoms with Gasteiger partial charge in [0.15, 0.2) is 11.0 Å². The van der Waals surface area contributed by atoms with Gasteiger partial charge < -0.3 is 9.64 Å². The number of rotatable bonds is 7. The van der Waals surface area contributed by atoms with Crippen LogP contribution >= 0.6 is 11.8 Å². The molecule has 2 heterocycles. The summed E-state index contributed by atoms with van der Waals surface area (Å²) in [7, 11) is 3.47. The van der Waals surface area contributed by atoms with Crippen molar-refractivity contribution in [1.82, 2.24) is 24.6 Å².